The third-order valence-corrected chi connectivity index (χ3v) is 5.52. The highest BCUT2D eigenvalue weighted by molar-refractivity contribution is 6.19. The summed E-state index contributed by atoms with van der Waals surface area (Å²) < 4.78 is 0. The topological polar surface area (TPSA) is 54.3 Å². The highest BCUT2D eigenvalue weighted by Gasteiger charge is 2.54. The Hall–Kier alpha value is -4.25. The van der Waals surface area contributed by atoms with Crippen LogP contribution in [0.3, 0.4) is 0 Å². The SMILES string of the molecule is O=NON1c2ccccc2C(=Nc2ccccc2)C1(c1ccccc1)c1ccccc1. The molecule has 5 nitrogen and oxygen atoms in total. The molecule has 0 amide bonds. The van der Waals surface area contributed by atoms with Gasteiger partial charge in [0.2, 0.25) is 0 Å². The lowest BCUT2D eigenvalue weighted by Crippen LogP contribution is -2.48. The van der Waals surface area contributed by atoms with Crippen LogP contribution in [0.2, 0.25) is 0 Å². The summed E-state index contributed by atoms with van der Waals surface area (Å²) in [6, 6.07) is 37.4. The van der Waals surface area contributed by atoms with Gasteiger partial charge in [-0.2, -0.15) is 5.06 Å². The van der Waals surface area contributed by atoms with Crippen LogP contribution in [-0.2, 0) is 10.5 Å². The van der Waals surface area contributed by atoms with Gasteiger partial charge in [-0.1, -0.05) is 97.1 Å². The van der Waals surface area contributed by atoms with Gasteiger partial charge in [0.1, 0.15) is 0 Å². The molecule has 5 rings (SSSR count). The maximum absolute atomic E-state index is 11.4. The summed E-state index contributed by atoms with van der Waals surface area (Å²) in [5, 5.41) is 4.40. The van der Waals surface area contributed by atoms with Crippen molar-refractivity contribution < 1.29 is 4.94 Å². The minimum Gasteiger partial charge on any atom is -0.249 e. The van der Waals surface area contributed by atoms with E-state index in [4.69, 9.17) is 9.93 Å². The van der Waals surface area contributed by atoms with E-state index in [0.29, 0.717) is 0 Å². The zero-order valence-corrected chi connectivity index (χ0v) is 16.6. The van der Waals surface area contributed by atoms with Crippen molar-refractivity contribution in [1.29, 1.82) is 0 Å². The van der Waals surface area contributed by atoms with Crippen LogP contribution in [0, 0.1) is 4.91 Å². The van der Waals surface area contributed by atoms with Crippen LogP contribution >= 0.6 is 0 Å². The van der Waals surface area contributed by atoms with Crippen LogP contribution in [0.4, 0.5) is 11.4 Å². The van der Waals surface area contributed by atoms with E-state index in [-0.39, 0.29) is 0 Å². The van der Waals surface area contributed by atoms with E-state index in [1.165, 1.54) is 0 Å². The number of hydrogen-bond acceptors (Lipinski definition) is 5. The fourth-order valence-corrected chi connectivity index (χ4v) is 4.27. The number of hydrogen-bond donors (Lipinski definition) is 0. The zero-order chi connectivity index (χ0) is 21.1. The van der Waals surface area contributed by atoms with Gasteiger partial charge < -0.3 is 0 Å². The van der Waals surface area contributed by atoms with E-state index < -0.39 is 5.54 Å². The van der Waals surface area contributed by atoms with Crippen molar-refractivity contribution >= 4 is 17.1 Å². The molecule has 0 fully saturated rings. The minimum absolute atomic E-state index is 0.726. The van der Waals surface area contributed by atoms with Crippen LogP contribution < -0.4 is 5.06 Å². The van der Waals surface area contributed by atoms with E-state index in [2.05, 4.69) is 5.34 Å². The van der Waals surface area contributed by atoms with Crippen LogP contribution in [0.5, 0.6) is 0 Å². The van der Waals surface area contributed by atoms with Gasteiger partial charge in [-0.3, -0.25) is 0 Å². The second-order valence-corrected chi connectivity index (χ2v) is 7.21. The Balaban J connectivity index is 1.91. The van der Waals surface area contributed by atoms with Crippen molar-refractivity contribution in [3.8, 4) is 0 Å². The molecule has 31 heavy (non-hydrogen) atoms. The quantitative estimate of drug-likeness (QED) is 0.294. The molecule has 0 N–H and O–H groups in total. The molecule has 1 aliphatic rings. The third kappa shape index (κ3) is 2.99. The van der Waals surface area contributed by atoms with E-state index >= 15 is 0 Å². The summed E-state index contributed by atoms with van der Waals surface area (Å²) in [6.45, 7) is 0. The Morgan fingerprint density at radius 2 is 1.16 bits per heavy atom. The average Bonchev–Trinajstić information content (AvgIpc) is 3.11. The molecule has 0 atom stereocenters. The molecular weight excluding hydrogens is 386 g/mol. The number of aliphatic imine (C=N–C) groups is 1. The fourth-order valence-electron chi connectivity index (χ4n) is 4.27. The summed E-state index contributed by atoms with van der Waals surface area (Å²) >= 11 is 0. The molecule has 0 aliphatic carbocycles. The van der Waals surface area contributed by atoms with Crippen LogP contribution in [0.25, 0.3) is 0 Å². The highest BCUT2D eigenvalue weighted by Crippen LogP contribution is 2.50. The van der Waals surface area contributed by atoms with Crippen molar-refractivity contribution in [2.75, 3.05) is 5.06 Å². The maximum atomic E-state index is 11.4. The summed E-state index contributed by atoms with van der Waals surface area (Å²) in [5.41, 5.74) is 3.99. The first-order chi connectivity index (χ1) is 15.4. The molecule has 0 spiro atoms. The smallest absolute Gasteiger partial charge is 0.182 e. The van der Waals surface area contributed by atoms with Gasteiger partial charge in [-0.05, 0) is 29.3 Å². The molecule has 0 bridgehead atoms. The summed E-state index contributed by atoms with van der Waals surface area (Å²) in [5.74, 6) is 0. The molecular formula is C26H19N3O2. The fraction of sp³-hybridized carbons (Fsp3) is 0.0385. The number of fused-ring (bicyclic) bond motifs is 1. The molecule has 4 aromatic carbocycles. The second-order valence-electron chi connectivity index (χ2n) is 7.21. The summed E-state index contributed by atoms with van der Waals surface area (Å²) in [4.78, 5) is 22.0. The Kier molecular flexibility index (Phi) is 4.77. The standard InChI is InChI=1S/C26H19N3O2/c30-28-31-29-24-19-11-10-18-23(24)25(27-22-16-8-3-9-17-22)26(29,20-12-4-1-5-13-20)21-14-6-2-7-15-21/h1-19H. The van der Waals surface area contributed by atoms with Crippen molar-refractivity contribution in [2.24, 2.45) is 10.3 Å². The zero-order valence-electron chi connectivity index (χ0n) is 16.6. The lowest BCUT2D eigenvalue weighted by molar-refractivity contribution is 0.0864. The van der Waals surface area contributed by atoms with Crippen LogP contribution in [0.15, 0.2) is 126 Å². The second kappa shape index (κ2) is 7.88. The highest BCUT2D eigenvalue weighted by atomic mass is 16.9. The largest absolute Gasteiger partial charge is 0.249 e. The van der Waals surface area contributed by atoms with E-state index in [1.54, 1.807) is 5.06 Å². The van der Waals surface area contributed by atoms with E-state index in [1.807, 2.05) is 115 Å². The Bertz CT molecular complexity index is 1190. The van der Waals surface area contributed by atoms with Crippen molar-refractivity contribution in [1.82, 2.24) is 0 Å². The first-order valence-electron chi connectivity index (χ1n) is 10.0. The van der Waals surface area contributed by atoms with Gasteiger partial charge >= 0.3 is 0 Å². The average molecular weight is 405 g/mol. The van der Waals surface area contributed by atoms with Crippen molar-refractivity contribution in [3.05, 3.63) is 137 Å². The van der Waals surface area contributed by atoms with E-state index in [9.17, 15) is 4.91 Å². The number of anilines is 1. The predicted molar refractivity (Wildman–Crippen MR) is 122 cm³/mol. The van der Waals surface area contributed by atoms with Gasteiger partial charge in [0, 0.05) is 5.56 Å². The van der Waals surface area contributed by atoms with Gasteiger partial charge in [0.25, 0.3) is 0 Å². The van der Waals surface area contributed by atoms with Gasteiger partial charge in [-0.25, -0.2) is 9.93 Å². The molecule has 0 unspecified atom stereocenters. The molecule has 1 aliphatic heterocycles. The predicted octanol–water partition coefficient (Wildman–Crippen LogP) is 6.18. The van der Waals surface area contributed by atoms with Gasteiger partial charge in [0.05, 0.1) is 17.1 Å². The first kappa shape index (κ1) is 18.8. The minimum atomic E-state index is -1.00. The molecule has 150 valence electrons. The molecule has 0 saturated heterocycles. The Labute approximate surface area is 180 Å². The normalized spacial score (nSPS) is 15.5. The number of rotatable bonds is 5. The number of para-hydroxylation sites is 2. The molecule has 0 radical (unpaired) electrons. The number of hydroxylamine groups is 1. The first-order valence-corrected chi connectivity index (χ1v) is 10.0. The van der Waals surface area contributed by atoms with Crippen molar-refractivity contribution in [2.45, 2.75) is 5.54 Å². The lowest BCUT2D eigenvalue weighted by Gasteiger charge is -2.37. The monoisotopic (exact) mass is 405 g/mol. The Morgan fingerprint density at radius 3 is 1.74 bits per heavy atom. The van der Waals surface area contributed by atoms with Crippen LogP contribution in [-0.4, -0.2) is 5.71 Å². The lowest BCUT2D eigenvalue weighted by atomic mass is 9.78. The maximum Gasteiger partial charge on any atom is 0.182 e. The van der Waals surface area contributed by atoms with Gasteiger partial charge in [0.15, 0.2) is 10.9 Å². The van der Waals surface area contributed by atoms with Crippen LogP contribution in [0.1, 0.15) is 16.7 Å². The molecule has 4 aromatic rings. The number of benzene rings is 4. The molecule has 1 heterocycles. The Morgan fingerprint density at radius 1 is 0.645 bits per heavy atom. The summed E-state index contributed by atoms with van der Waals surface area (Å²) in [7, 11) is 0. The molecule has 0 saturated carbocycles. The third-order valence-electron chi connectivity index (χ3n) is 5.52. The number of nitrogens with zero attached hydrogens (tertiary/aromatic N) is 3. The summed E-state index contributed by atoms with van der Waals surface area (Å²) in [6.07, 6.45) is 0. The van der Waals surface area contributed by atoms with Crippen molar-refractivity contribution in [3.63, 3.8) is 0 Å². The molecule has 0 aromatic heterocycles. The van der Waals surface area contributed by atoms with E-state index in [0.717, 1.165) is 33.8 Å². The van der Waals surface area contributed by atoms with Gasteiger partial charge in [-0.15, -0.1) is 4.91 Å². The molecule has 5 heteroatoms.